The lowest BCUT2D eigenvalue weighted by molar-refractivity contribution is 0.0998. The third kappa shape index (κ3) is 4.36. The molecule has 0 aliphatic rings. The fourth-order valence-corrected chi connectivity index (χ4v) is 4.81. The SMILES string of the molecule is CCc1ccc2oc(C(=O)Nc3nnc(SCc4cccc(C)c4)s3)c(C)c2c1. The van der Waals surface area contributed by atoms with E-state index in [1.54, 1.807) is 11.8 Å². The maximum absolute atomic E-state index is 12.7. The summed E-state index contributed by atoms with van der Waals surface area (Å²) in [6.45, 7) is 6.09. The van der Waals surface area contributed by atoms with Gasteiger partial charge in [-0.2, -0.15) is 0 Å². The number of carbonyl (C=O) groups is 1. The lowest BCUT2D eigenvalue weighted by atomic mass is 10.1. The molecule has 0 unspecified atom stereocenters. The van der Waals surface area contributed by atoms with Crippen molar-refractivity contribution in [3.05, 3.63) is 70.5 Å². The van der Waals surface area contributed by atoms with Gasteiger partial charge in [0.1, 0.15) is 5.58 Å². The maximum atomic E-state index is 12.7. The Hall–Kier alpha value is -2.64. The van der Waals surface area contributed by atoms with Crippen molar-refractivity contribution in [2.45, 2.75) is 37.3 Å². The fourth-order valence-electron chi connectivity index (χ4n) is 3.12. The molecule has 2 aromatic carbocycles. The minimum absolute atomic E-state index is 0.303. The Morgan fingerprint density at radius 2 is 2.00 bits per heavy atom. The van der Waals surface area contributed by atoms with E-state index in [2.05, 4.69) is 59.7 Å². The Morgan fingerprint density at radius 3 is 2.79 bits per heavy atom. The van der Waals surface area contributed by atoms with Crippen LogP contribution in [0, 0.1) is 13.8 Å². The topological polar surface area (TPSA) is 68.0 Å². The molecule has 0 aliphatic carbocycles. The van der Waals surface area contributed by atoms with Crippen LogP contribution in [-0.4, -0.2) is 16.1 Å². The molecule has 4 rings (SSSR count). The molecule has 0 atom stereocenters. The number of anilines is 1. The predicted octanol–water partition coefficient (Wildman–Crippen LogP) is 6.01. The molecule has 2 aromatic heterocycles. The van der Waals surface area contributed by atoms with Gasteiger partial charge in [0.15, 0.2) is 10.1 Å². The predicted molar refractivity (Wildman–Crippen MR) is 119 cm³/mol. The molecule has 5 nitrogen and oxygen atoms in total. The van der Waals surface area contributed by atoms with Crippen LogP contribution in [0.1, 0.15) is 39.7 Å². The van der Waals surface area contributed by atoms with Crippen LogP contribution >= 0.6 is 23.1 Å². The molecule has 148 valence electrons. The summed E-state index contributed by atoms with van der Waals surface area (Å²) in [5.74, 6) is 0.827. The van der Waals surface area contributed by atoms with Gasteiger partial charge in [-0.1, -0.05) is 65.9 Å². The van der Waals surface area contributed by atoms with E-state index in [0.717, 1.165) is 33.0 Å². The van der Waals surface area contributed by atoms with Crippen molar-refractivity contribution >= 4 is 45.1 Å². The number of rotatable bonds is 6. The molecule has 0 saturated carbocycles. The number of benzene rings is 2. The molecular weight excluding hydrogens is 402 g/mol. The van der Waals surface area contributed by atoms with Gasteiger partial charge in [-0.25, -0.2) is 0 Å². The number of aromatic nitrogens is 2. The van der Waals surface area contributed by atoms with E-state index in [1.807, 2.05) is 19.1 Å². The van der Waals surface area contributed by atoms with Crippen LogP contribution in [0.4, 0.5) is 5.13 Å². The van der Waals surface area contributed by atoms with E-state index >= 15 is 0 Å². The summed E-state index contributed by atoms with van der Waals surface area (Å²) in [5, 5.41) is 12.5. The number of hydrogen-bond acceptors (Lipinski definition) is 6. The summed E-state index contributed by atoms with van der Waals surface area (Å²) >= 11 is 2.97. The molecule has 0 aliphatic heterocycles. The zero-order chi connectivity index (χ0) is 20.4. The molecule has 0 saturated heterocycles. The van der Waals surface area contributed by atoms with Gasteiger partial charge < -0.3 is 4.42 Å². The average molecular weight is 424 g/mol. The summed E-state index contributed by atoms with van der Waals surface area (Å²) in [5.41, 5.74) is 5.25. The van der Waals surface area contributed by atoms with E-state index in [0.29, 0.717) is 10.9 Å². The third-order valence-electron chi connectivity index (χ3n) is 4.69. The zero-order valence-electron chi connectivity index (χ0n) is 16.5. The first kappa shape index (κ1) is 19.7. The molecule has 4 aromatic rings. The second-order valence-electron chi connectivity index (χ2n) is 6.85. The number of carbonyl (C=O) groups excluding carboxylic acids is 1. The lowest BCUT2D eigenvalue weighted by Crippen LogP contribution is -2.11. The first-order valence-corrected chi connectivity index (χ1v) is 11.2. The molecule has 0 fully saturated rings. The van der Waals surface area contributed by atoms with E-state index in [9.17, 15) is 4.79 Å². The second-order valence-corrected chi connectivity index (χ2v) is 9.05. The standard InChI is InChI=1S/C22H21N3O2S2/c1-4-15-8-9-18-17(11-15)14(3)19(27-18)20(26)23-21-24-25-22(29-21)28-12-16-7-5-6-13(2)10-16/h5-11H,4,12H2,1-3H3,(H,23,24,26). The fraction of sp³-hybridized carbons (Fsp3) is 0.227. The summed E-state index contributed by atoms with van der Waals surface area (Å²) in [6, 6.07) is 14.4. The highest BCUT2D eigenvalue weighted by molar-refractivity contribution is 8.00. The number of nitrogens with one attached hydrogen (secondary N) is 1. The van der Waals surface area contributed by atoms with Crippen LogP contribution < -0.4 is 5.32 Å². The molecule has 7 heteroatoms. The number of fused-ring (bicyclic) bond motifs is 1. The average Bonchev–Trinajstić information content (AvgIpc) is 3.30. The number of amides is 1. The Bertz CT molecular complexity index is 1180. The van der Waals surface area contributed by atoms with Crippen molar-refractivity contribution in [1.29, 1.82) is 0 Å². The molecule has 1 N–H and O–H groups in total. The molecular formula is C22H21N3O2S2. The van der Waals surface area contributed by atoms with Crippen LogP contribution in [0.2, 0.25) is 0 Å². The Kier molecular flexibility index (Phi) is 5.69. The monoisotopic (exact) mass is 423 g/mol. The van der Waals surface area contributed by atoms with Crippen LogP contribution in [-0.2, 0) is 12.2 Å². The van der Waals surface area contributed by atoms with E-state index in [-0.39, 0.29) is 5.91 Å². The van der Waals surface area contributed by atoms with Gasteiger partial charge in [0, 0.05) is 16.7 Å². The quantitative estimate of drug-likeness (QED) is 0.304. The van der Waals surface area contributed by atoms with Gasteiger partial charge >= 0.3 is 0 Å². The molecule has 0 radical (unpaired) electrons. The van der Waals surface area contributed by atoms with Gasteiger partial charge in [0.25, 0.3) is 5.91 Å². The summed E-state index contributed by atoms with van der Waals surface area (Å²) < 4.78 is 6.61. The minimum Gasteiger partial charge on any atom is -0.451 e. The summed E-state index contributed by atoms with van der Waals surface area (Å²) in [6.07, 6.45) is 0.940. The first-order chi connectivity index (χ1) is 14.0. The first-order valence-electron chi connectivity index (χ1n) is 9.38. The molecule has 0 bridgehead atoms. The Balaban J connectivity index is 1.45. The largest absolute Gasteiger partial charge is 0.451 e. The number of thioether (sulfide) groups is 1. The van der Waals surface area contributed by atoms with E-state index in [1.165, 1.54) is 28.0 Å². The highest BCUT2D eigenvalue weighted by atomic mass is 32.2. The number of nitrogens with zero attached hydrogens (tertiary/aromatic N) is 2. The minimum atomic E-state index is -0.303. The van der Waals surface area contributed by atoms with Crippen LogP contribution in [0.25, 0.3) is 11.0 Å². The Labute approximate surface area is 177 Å². The van der Waals surface area contributed by atoms with Crippen molar-refractivity contribution < 1.29 is 9.21 Å². The van der Waals surface area contributed by atoms with Crippen LogP contribution in [0.3, 0.4) is 0 Å². The van der Waals surface area contributed by atoms with Crippen LogP contribution in [0.5, 0.6) is 0 Å². The second kappa shape index (κ2) is 8.39. The maximum Gasteiger partial charge on any atom is 0.293 e. The molecule has 29 heavy (non-hydrogen) atoms. The number of furan rings is 1. The van der Waals surface area contributed by atoms with Gasteiger partial charge in [0.2, 0.25) is 5.13 Å². The zero-order valence-corrected chi connectivity index (χ0v) is 18.1. The molecule has 1 amide bonds. The highest BCUT2D eigenvalue weighted by Crippen LogP contribution is 2.30. The normalized spacial score (nSPS) is 11.1. The smallest absolute Gasteiger partial charge is 0.293 e. The summed E-state index contributed by atoms with van der Waals surface area (Å²) in [7, 11) is 0. The van der Waals surface area contributed by atoms with Crippen molar-refractivity contribution in [3.63, 3.8) is 0 Å². The number of aryl methyl sites for hydroxylation is 3. The van der Waals surface area contributed by atoms with E-state index < -0.39 is 0 Å². The van der Waals surface area contributed by atoms with Gasteiger partial charge in [-0.3, -0.25) is 10.1 Å². The van der Waals surface area contributed by atoms with Crippen LogP contribution in [0.15, 0.2) is 51.2 Å². The van der Waals surface area contributed by atoms with Gasteiger partial charge in [0.05, 0.1) is 0 Å². The highest BCUT2D eigenvalue weighted by Gasteiger charge is 2.19. The third-order valence-corrected chi connectivity index (χ3v) is 6.73. The lowest BCUT2D eigenvalue weighted by Gasteiger charge is -2.00. The van der Waals surface area contributed by atoms with Gasteiger partial charge in [-0.15, -0.1) is 10.2 Å². The Morgan fingerprint density at radius 1 is 1.14 bits per heavy atom. The van der Waals surface area contributed by atoms with Gasteiger partial charge in [-0.05, 0) is 43.5 Å². The molecule has 2 heterocycles. The van der Waals surface area contributed by atoms with Crippen molar-refractivity contribution in [2.75, 3.05) is 5.32 Å². The summed E-state index contributed by atoms with van der Waals surface area (Å²) in [4.78, 5) is 12.7. The van der Waals surface area contributed by atoms with Crippen molar-refractivity contribution in [1.82, 2.24) is 10.2 Å². The van der Waals surface area contributed by atoms with Crippen molar-refractivity contribution in [2.24, 2.45) is 0 Å². The molecule has 0 spiro atoms. The number of hydrogen-bond donors (Lipinski definition) is 1. The van der Waals surface area contributed by atoms with E-state index in [4.69, 9.17) is 4.42 Å². The van der Waals surface area contributed by atoms with Crippen molar-refractivity contribution in [3.8, 4) is 0 Å².